The maximum atomic E-state index is 12.5. The van der Waals surface area contributed by atoms with E-state index in [1.54, 1.807) is 0 Å². The van der Waals surface area contributed by atoms with Crippen LogP contribution in [0.1, 0.15) is 65.4 Å². The van der Waals surface area contributed by atoms with Crippen LogP contribution in [0.4, 0.5) is 0 Å². The summed E-state index contributed by atoms with van der Waals surface area (Å²) in [4.78, 5) is 12.5. The molecule has 0 radical (unpaired) electrons. The Kier molecular flexibility index (Phi) is 5.51. The van der Waals surface area contributed by atoms with Gasteiger partial charge in [-0.05, 0) is 57.9 Å². The maximum Gasteiger partial charge on any atom is 0.307 e. The fourth-order valence-corrected chi connectivity index (χ4v) is 3.69. The van der Waals surface area contributed by atoms with Crippen LogP contribution in [0.15, 0.2) is 30.3 Å². The Hall–Kier alpha value is -1.35. The number of carbonyl (C=O) groups is 1. The summed E-state index contributed by atoms with van der Waals surface area (Å²) < 4.78 is 5.58. The fourth-order valence-electron chi connectivity index (χ4n) is 3.69. The van der Waals surface area contributed by atoms with Crippen LogP contribution in [0.25, 0.3) is 0 Å². The van der Waals surface area contributed by atoms with Crippen molar-refractivity contribution in [2.45, 2.75) is 76.9 Å². The highest BCUT2D eigenvalue weighted by atomic mass is 16.6. The minimum atomic E-state index is -0.461. The molecule has 0 heterocycles. The highest BCUT2D eigenvalue weighted by Crippen LogP contribution is 2.43. The van der Waals surface area contributed by atoms with Crippen molar-refractivity contribution in [1.82, 2.24) is 0 Å². The minimum absolute atomic E-state index is 0.144. The lowest BCUT2D eigenvalue weighted by atomic mass is 9.64. The predicted octanol–water partition coefficient (Wildman–Crippen LogP) is 4.23. The van der Waals surface area contributed by atoms with Gasteiger partial charge >= 0.3 is 5.97 Å². The molecule has 1 N–H and O–H groups in total. The SMILES string of the molecule is CC(C)(C)OC(=O)CC(C)(c1ccccc1)C1CCC(O)CC1. The summed E-state index contributed by atoms with van der Waals surface area (Å²) in [5, 5.41) is 9.81. The van der Waals surface area contributed by atoms with Crippen molar-refractivity contribution in [3.63, 3.8) is 0 Å². The number of rotatable bonds is 4. The van der Waals surface area contributed by atoms with Crippen molar-refractivity contribution >= 4 is 5.97 Å². The van der Waals surface area contributed by atoms with E-state index in [9.17, 15) is 9.90 Å². The first-order valence-corrected chi connectivity index (χ1v) is 8.66. The van der Waals surface area contributed by atoms with Gasteiger partial charge in [-0.3, -0.25) is 4.79 Å². The molecule has 0 saturated heterocycles. The molecule has 2 rings (SSSR count). The largest absolute Gasteiger partial charge is 0.460 e. The number of benzene rings is 1. The molecular formula is C20H30O3. The molecule has 1 aliphatic carbocycles. The molecule has 0 aliphatic heterocycles. The van der Waals surface area contributed by atoms with E-state index in [1.807, 2.05) is 39.0 Å². The van der Waals surface area contributed by atoms with Crippen molar-refractivity contribution < 1.29 is 14.6 Å². The van der Waals surface area contributed by atoms with Crippen LogP contribution < -0.4 is 0 Å². The number of ether oxygens (including phenoxy) is 1. The zero-order valence-electron chi connectivity index (χ0n) is 14.8. The summed E-state index contributed by atoms with van der Waals surface area (Å²) >= 11 is 0. The molecule has 1 aromatic carbocycles. The first-order valence-electron chi connectivity index (χ1n) is 8.66. The highest BCUT2D eigenvalue weighted by Gasteiger charge is 2.40. The second-order valence-electron chi connectivity index (χ2n) is 8.05. The summed E-state index contributed by atoms with van der Waals surface area (Å²) in [5.74, 6) is 0.246. The number of hydrogen-bond acceptors (Lipinski definition) is 3. The lowest BCUT2D eigenvalue weighted by Gasteiger charge is -2.41. The van der Waals surface area contributed by atoms with Crippen LogP contribution in [0, 0.1) is 5.92 Å². The van der Waals surface area contributed by atoms with Gasteiger partial charge in [-0.2, -0.15) is 0 Å². The number of esters is 1. The lowest BCUT2D eigenvalue weighted by molar-refractivity contribution is -0.157. The molecule has 1 saturated carbocycles. The Morgan fingerprint density at radius 2 is 1.65 bits per heavy atom. The summed E-state index contributed by atoms with van der Waals surface area (Å²) in [6.45, 7) is 7.89. The fraction of sp³-hybridized carbons (Fsp3) is 0.650. The Balaban J connectivity index is 2.23. The highest BCUT2D eigenvalue weighted by molar-refractivity contribution is 5.72. The average molecular weight is 318 g/mol. The maximum absolute atomic E-state index is 12.5. The quantitative estimate of drug-likeness (QED) is 0.845. The molecule has 0 amide bonds. The molecular weight excluding hydrogens is 288 g/mol. The number of carbonyl (C=O) groups excluding carboxylic acids is 1. The van der Waals surface area contributed by atoms with Crippen LogP contribution in [-0.2, 0) is 14.9 Å². The van der Waals surface area contributed by atoms with E-state index in [2.05, 4.69) is 19.1 Å². The van der Waals surface area contributed by atoms with Crippen molar-refractivity contribution in [1.29, 1.82) is 0 Å². The lowest BCUT2D eigenvalue weighted by Crippen LogP contribution is -2.39. The molecule has 3 nitrogen and oxygen atoms in total. The van der Waals surface area contributed by atoms with Crippen molar-refractivity contribution in [3.05, 3.63) is 35.9 Å². The van der Waals surface area contributed by atoms with Gasteiger partial charge in [0.05, 0.1) is 12.5 Å². The van der Waals surface area contributed by atoms with Crippen molar-refractivity contribution in [3.8, 4) is 0 Å². The third-order valence-corrected chi connectivity index (χ3v) is 4.96. The van der Waals surface area contributed by atoms with E-state index in [4.69, 9.17) is 4.74 Å². The van der Waals surface area contributed by atoms with Gasteiger partial charge in [0.2, 0.25) is 0 Å². The van der Waals surface area contributed by atoms with Crippen LogP contribution in [0.5, 0.6) is 0 Å². The Labute approximate surface area is 140 Å². The van der Waals surface area contributed by atoms with E-state index in [0.717, 1.165) is 25.7 Å². The van der Waals surface area contributed by atoms with Gasteiger partial charge in [0.1, 0.15) is 5.60 Å². The number of hydrogen-bond donors (Lipinski definition) is 1. The minimum Gasteiger partial charge on any atom is -0.460 e. The zero-order chi connectivity index (χ0) is 17.1. The van der Waals surface area contributed by atoms with Gasteiger partial charge < -0.3 is 9.84 Å². The molecule has 1 unspecified atom stereocenters. The third kappa shape index (κ3) is 4.81. The summed E-state index contributed by atoms with van der Waals surface area (Å²) in [6.07, 6.45) is 3.75. The number of aliphatic hydroxyl groups excluding tert-OH is 1. The van der Waals surface area contributed by atoms with Gasteiger partial charge in [-0.15, -0.1) is 0 Å². The first kappa shape index (κ1) is 18.0. The molecule has 1 atom stereocenters. The molecule has 0 spiro atoms. The molecule has 128 valence electrons. The Morgan fingerprint density at radius 1 is 1.09 bits per heavy atom. The smallest absolute Gasteiger partial charge is 0.307 e. The summed E-state index contributed by atoms with van der Waals surface area (Å²) in [6, 6.07) is 10.3. The van der Waals surface area contributed by atoms with E-state index in [1.165, 1.54) is 5.56 Å². The second-order valence-corrected chi connectivity index (χ2v) is 8.05. The van der Waals surface area contributed by atoms with E-state index in [0.29, 0.717) is 12.3 Å². The van der Waals surface area contributed by atoms with E-state index in [-0.39, 0.29) is 17.5 Å². The van der Waals surface area contributed by atoms with E-state index >= 15 is 0 Å². The standard InChI is InChI=1S/C20H30O3/c1-19(2,3)23-18(22)14-20(4,15-8-6-5-7-9-15)16-10-12-17(21)13-11-16/h5-9,16-17,21H,10-14H2,1-4H3. The topological polar surface area (TPSA) is 46.5 Å². The summed E-state index contributed by atoms with van der Waals surface area (Å²) in [7, 11) is 0. The number of aliphatic hydroxyl groups is 1. The second kappa shape index (κ2) is 7.04. The van der Waals surface area contributed by atoms with E-state index < -0.39 is 5.60 Å². The molecule has 1 aliphatic rings. The van der Waals surface area contributed by atoms with Crippen LogP contribution >= 0.6 is 0 Å². The van der Waals surface area contributed by atoms with Crippen LogP contribution in [-0.4, -0.2) is 22.8 Å². The van der Waals surface area contributed by atoms with Gasteiger partial charge in [0, 0.05) is 5.41 Å². The molecule has 0 aromatic heterocycles. The average Bonchev–Trinajstić information content (AvgIpc) is 2.46. The predicted molar refractivity (Wildman–Crippen MR) is 92.2 cm³/mol. The Bertz CT molecular complexity index is 509. The van der Waals surface area contributed by atoms with Crippen LogP contribution in [0.2, 0.25) is 0 Å². The zero-order valence-corrected chi connectivity index (χ0v) is 14.8. The van der Waals surface area contributed by atoms with Crippen molar-refractivity contribution in [2.75, 3.05) is 0 Å². The molecule has 1 aromatic rings. The first-order chi connectivity index (χ1) is 10.7. The van der Waals surface area contributed by atoms with Gasteiger partial charge in [-0.25, -0.2) is 0 Å². The molecule has 1 fully saturated rings. The van der Waals surface area contributed by atoms with Crippen molar-refractivity contribution in [2.24, 2.45) is 5.92 Å². The molecule has 3 heteroatoms. The molecule has 23 heavy (non-hydrogen) atoms. The molecule has 0 bridgehead atoms. The normalized spacial score (nSPS) is 24.7. The van der Waals surface area contributed by atoms with Gasteiger partial charge in [0.15, 0.2) is 0 Å². The van der Waals surface area contributed by atoms with Crippen LogP contribution in [0.3, 0.4) is 0 Å². The summed E-state index contributed by atoms with van der Waals surface area (Å²) in [5.41, 5.74) is 0.480. The van der Waals surface area contributed by atoms with Gasteiger partial charge in [0.25, 0.3) is 0 Å². The monoisotopic (exact) mass is 318 g/mol. The van der Waals surface area contributed by atoms with Gasteiger partial charge in [-0.1, -0.05) is 37.3 Å². The third-order valence-electron chi connectivity index (χ3n) is 4.96. The Morgan fingerprint density at radius 3 is 2.17 bits per heavy atom.